The van der Waals surface area contributed by atoms with Crippen molar-refractivity contribution in [3.8, 4) is 0 Å². The van der Waals surface area contributed by atoms with E-state index in [1.165, 1.54) is 0 Å². The molecule has 0 spiro atoms. The van der Waals surface area contributed by atoms with Crippen LogP contribution in [0.15, 0.2) is 0 Å². The summed E-state index contributed by atoms with van der Waals surface area (Å²) in [6.45, 7) is -2.37. The van der Waals surface area contributed by atoms with Crippen molar-refractivity contribution in [3.63, 3.8) is 0 Å². The number of rotatable bonds is 6. The maximum Gasteiger partial charge on any atom is 4.00 e. The normalized spacial score (nSPS) is 6.14. The summed E-state index contributed by atoms with van der Waals surface area (Å²) in [6.07, 6.45) is 0. The van der Waals surface area contributed by atoms with E-state index in [9.17, 15) is 29.7 Å². The first-order chi connectivity index (χ1) is 5.91. The molecule has 0 aromatic carbocycles. The minimum atomic E-state index is -1.57. The summed E-state index contributed by atoms with van der Waals surface area (Å²) in [5, 5.41) is 30.0. The smallest absolute Gasteiger partial charge is 0.549 e. The van der Waals surface area contributed by atoms with Crippen molar-refractivity contribution in [2.75, 3.05) is 19.6 Å². The van der Waals surface area contributed by atoms with Crippen molar-refractivity contribution in [3.05, 3.63) is 0 Å². The Labute approximate surface area is 130 Å². The molecule has 14 N–H and O–H groups in total. The molecule has 0 aliphatic heterocycles. The number of carbonyl (C=O) groups is 3. The number of hydrogen-bond acceptors (Lipinski definition) is 7. The molecule has 14 nitrogen and oxygen atoms in total. The van der Waals surface area contributed by atoms with Gasteiger partial charge in [0.25, 0.3) is 0 Å². The first-order valence-corrected chi connectivity index (χ1v) is 3.23. The second-order valence-electron chi connectivity index (χ2n) is 2.26. The fraction of sp³-hybridized carbons (Fsp3) is 0.500. The first kappa shape index (κ1) is 60.2. The number of aliphatic carboxylic acids is 3. The van der Waals surface area contributed by atoms with Crippen LogP contribution < -0.4 is 15.3 Å². The van der Waals surface area contributed by atoms with Gasteiger partial charge in [-0.2, -0.15) is 0 Å². The maximum atomic E-state index is 9.99. The molecule has 15 heteroatoms. The van der Waals surface area contributed by atoms with Crippen LogP contribution in [0.5, 0.6) is 0 Å². The van der Waals surface area contributed by atoms with Gasteiger partial charge in [0.2, 0.25) is 0 Å². The van der Waals surface area contributed by atoms with Crippen molar-refractivity contribution in [1.82, 2.24) is 4.90 Å². The SMILES string of the molecule is O.O.O.O.O.O.O.O=C([O-])CN(CC(=O)[O-])CC(=O)[O-].[V+4]. The van der Waals surface area contributed by atoms with Crippen molar-refractivity contribution < 1.29 is 86.6 Å². The zero-order valence-corrected chi connectivity index (χ0v) is 11.9. The summed E-state index contributed by atoms with van der Waals surface area (Å²) in [6, 6.07) is 0. The molecule has 0 saturated heterocycles. The Hall–Kier alpha value is -1.33. The van der Waals surface area contributed by atoms with Gasteiger partial charge in [-0.3, -0.25) is 4.90 Å². The van der Waals surface area contributed by atoms with Crippen molar-refractivity contribution in [1.29, 1.82) is 0 Å². The topological polar surface area (TPSA) is 344 Å². The van der Waals surface area contributed by atoms with E-state index < -0.39 is 37.5 Å². The summed E-state index contributed by atoms with van der Waals surface area (Å²) in [5.41, 5.74) is 0. The van der Waals surface area contributed by atoms with Crippen molar-refractivity contribution >= 4 is 17.9 Å². The molecule has 21 heavy (non-hydrogen) atoms. The predicted octanol–water partition coefficient (Wildman–Crippen LogP) is -11.2. The van der Waals surface area contributed by atoms with E-state index >= 15 is 0 Å². The van der Waals surface area contributed by atoms with Gasteiger partial charge in [-0.1, -0.05) is 0 Å². The third-order valence-electron chi connectivity index (χ3n) is 1.06. The molecule has 1 radical (unpaired) electrons. The molecule has 0 fully saturated rings. The number of carboxylic acid groups (broad SMARTS) is 3. The summed E-state index contributed by atoms with van der Waals surface area (Å²) >= 11 is 0. The molecule has 0 bridgehead atoms. The first-order valence-electron chi connectivity index (χ1n) is 3.23. The molecular weight excluding hydrogens is 345 g/mol. The fourth-order valence-electron chi connectivity index (χ4n) is 0.715. The molecule has 0 unspecified atom stereocenters. The fourth-order valence-corrected chi connectivity index (χ4v) is 0.715. The van der Waals surface area contributed by atoms with E-state index in [-0.39, 0.29) is 56.9 Å². The molecule has 0 aromatic rings. The van der Waals surface area contributed by atoms with Gasteiger partial charge in [0.05, 0.1) is 17.9 Å². The Morgan fingerprint density at radius 3 is 0.810 bits per heavy atom. The molecule has 0 atom stereocenters. The van der Waals surface area contributed by atoms with Gasteiger partial charge in [-0.15, -0.1) is 0 Å². The standard InChI is InChI=1S/C6H9NO6.7H2O.V/c8-4(9)1-7(2-5(10)11)3-6(12)13;;;;;;;;/h1-3H2,(H,8,9)(H,10,11)(H,12,13);7*1H2;/q;;;;;;;;+4/p-3. The van der Waals surface area contributed by atoms with Gasteiger partial charge >= 0.3 is 18.6 Å². The zero-order valence-electron chi connectivity index (χ0n) is 10.5. The average molecular weight is 365 g/mol. The molecule has 0 aliphatic carbocycles. The number of carboxylic acids is 3. The molecular formula is C6H20NO13V+. The third-order valence-corrected chi connectivity index (χ3v) is 1.06. The molecule has 0 amide bonds. The van der Waals surface area contributed by atoms with E-state index in [2.05, 4.69) is 0 Å². The van der Waals surface area contributed by atoms with Crippen LogP contribution in [-0.2, 0) is 32.9 Å². The zero-order chi connectivity index (χ0) is 10.4. The largest absolute Gasteiger partial charge is 4.00 e. The van der Waals surface area contributed by atoms with Gasteiger partial charge in [-0.25, -0.2) is 0 Å². The van der Waals surface area contributed by atoms with E-state index in [1.807, 2.05) is 0 Å². The number of nitrogens with zero attached hydrogens (tertiary/aromatic N) is 1. The summed E-state index contributed by atoms with van der Waals surface area (Å²) < 4.78 is 0. The van der Waals surface area contributed by atoms with E-state index in [1.54, 1.807) is 0 Å². The van der Waals surface area contributed by atoms with E-state index in [4.69, 9.17) is 0 Å². The van der Waals surface area contributed by atoms with Crippen molar-refractivity contribution in [2.24, 2.45) is 0 Å². The van der Waals surface area contributed by atoms with Crippen LogP contribution in [0.2, 0.25) is 0 Å². The van der Waals surface area contributed by atoms with Crippen LogP contribution in [0.4, 0.5) is 0 Å². The number of carbonyl (C=O) groups excluding carboxylic acids is 3. The van der Waals surface area contributed by atoms with Crippen LogP contribution in [0.3, 0.4) is 0 Å². The van der Waals surface area contributed by atoms with Gasteiger partial charge in [0, 0.05) is 19.6 Å². The van der Waals surface area contributed by atoms with Crippen LogP contribution in [0.25, 0.3) is 0 Å². The quantitative estimate of drug-likeness (QED) is 0.436. The second-order valence-corrected chi connectivity index (χ2v) is 2.26. The summed E-state index contributed by atoms with van der Waals surface area (Å²) in [4.78, 5) is 30.6. The number of hydrogen-bond donors (Lipinski definition) is 0. The predicted molar refractivity (Wildman–Crippen MR) is 56.8 cm³/mol. The maximum absolute atomic E-state index is 9.99. The summed E-state index contributed by atoms with van der Waals surface area (Å²) in [5.74, 6) is -4.70. The molecule has 131 valence electrons. The van der Waals surface area contributed by atoms with Gasteiger partial charge in [-0.05, 0) is 0 Å². The Morgan fingerprint density at radius 1 is 0.571 bits per heavy atom. The minimum absolute atomic E-state index is 0. The third kappa shape index (κ3) is 45.6. The van der Waals surface area contributed by atoms with Gasteiger partial charge in [0.15, 0.2) is 0 Å². The average Bonchev–Trinajstić information content (AvgIpc) is 1.80. The van der Waals surface area contributed by atoms with Crippen molar-refractivity contribution in [2.45, 2.75) is 0 Å². The molecule has 0 aliphatic rings. The minimum Gasteiger partial charge on any atom is -0.549 e. The van der Waals surface area contributed by atoms with Crippen LogP contribution >= 0.6 is 0 Å². The second kappa shape index (κ2) is 31.2. The van der Waals surface area contributed by atoms with Crippen LogP contribution in [0, 0.1) is 0 Å². The van der Waals surface area contributed by atoms with Gasteiger partial charge < -0.3 is 68.0 Å². The molecule has 0 aromatic heterocycles. The summed E-state index contributed by atoms with van der Waals surface area (Å²) in [7, 11) is 0. The Morgan fingerprint density at radius 2 is 0.714 bits per heavy atom. The molecule has 0 saturated carbocycles. The van der Waals surface area contributed by atoms with Crippen LogP contribution in [0.1, 0.15) is 0 Å². The van der Waals surface area contributed by atoms with E-state index in [0.29, 0.717) is 4.90 Å². The van der Waals surface area contributed by atoms with Crippen LogP contribution in [-0.4, -0.2) is 80.8 Å². The Bertz CT molecular complexity index is 199. The van der Waals surface area contributed by atoms with Gasteiger partial charge in [0.1, 0.15) is 0 Å². The monoisotopic (exact) mass is 365 g/mol. The van der Waals surface area contributed by atoms with E-state index in [0.717, 1.165) is 0 Å². The Kier molecular flexibility index (Phi) is 89.5. The Balaban J connectivity index is -0.0000000257. The molecule has 0 rings (SSSR count). The molecule has 0 heterocycles.